The third kappa shape index (κ3) is 62.7. The van der Waals surface area contributed by atoms with E-state index in [1.807, 2.05) is 0 Å². The van der Waals surface area contributed by atoms with Crippen molar-refractivity contribution in [2.45, 2.75) is 393 Å². The summed E-state index contributed by atoms with van der Waals surface area (Å²) in [5.74, 6) is -0.849. The molecule has 448 valence electrons. The van der Waals surface area contributed by atoms with E-state index in [-0.39, 0.29) is 31.1 Å². The lowest BCUT2D eigenvalue weighted by atomic mass is 10.0. The van der Waals surface area contributed by atoms with Crippen LogP contribution < -0.4 is 0 Å². The van der Waals surface area contributed by atoms with Crippen molar-refractivity contribution in [2.75, 3.05) is 13.2 Å². The summed E-state index contributed by atoms with van der Waals surface area (Å²) >= 11 is 0. The molecule has 0 amide bonds. The second-order valence-corrected chi connectivity index (χ2v) is 23.4. The summed E-state index contributed by atoms with van der Waals surface area (Å²) in [6.07, 6.45) is 79.3. The third-order valence-corrected chi connectivity index (χ3v) is 15.7. The smallest absolute Gasteiger partial charge is 0.306 e. The van der Waals surface area contributed by atoms with Crippen molar-refractivity contribution in [3.63, 3.8) is 0 Å². The number of hydrogen-bond donors (Lipinski definition) is 0. The fraction of sp³-hybridized carbons (Fsp3) is 0.900. The van der Waals surface area contributed by atoms with Gasteiger partial charge in [0.2, 0.25) is 0 Å². The standard InChI is InChI=1S/C70H132O6/c1-4-7-10-13-16-19-22-25-27-29-30-31-32-33-34-35-36-37-38-39-40-42-43-45-48-51-54-57-60-63-69(72)75-66-67(65-74-68(71)62-59-56-53-50-47-24-21-18-15-12-9-6-3)76-70(73)64-61-58-55-52-49-46-44-41-28-26-23-20-17-14-11-8-5-2/h18,21,29-30,67H,4-17,19-20,22-28,31-66H2,1-3H3/b21-18-,30-29-. The second-order valence-electron chi connectivity index (χ2n) is 23.4. The highest BCUT2D eigenvalue weighted by molar-refractivity contribution is 5.71. The lowest BCUT2D eigenvalue weighted by molar-refractivity contribution is -0.167. The molecule has 0 spiro atoms. The first-order valence-corrected chi connectivity index (χ1v) is 34.3. The topological polar surface area (TPSA) is 78.9 Å². The van der Waals surface area contributed by atoms with Gasteiger partial charge in [-0.3, -0.25) is 14.4 Å². The zero-order chi connectivity index (χ0) is 55.0. The molecule has 0 aliphatic heterocycles. The van der Waals surface area contributed by atoms with Crippen molar-refractivity contribution in [1.29, 1.82) is 0 Å². The first kappa shape index (κ1) is 73.9. The molecule has 0 fully saturated rings. The average molecular weight is 1070 g/mol. The molecule has 0 N–H and O–H groups in total. The Bertz CT molecular complexity index is 1230. The molecule has 1 atom stereocenters. The zero-order valence-corrected chi connectivity index (χ0v) is 51.6. The number of rotatable bonds is 64. The van der Waals surface area contributed by atoms with Crippen molar-refractivity contribution in [3.8, 4) is 0 Å². The van der Waals surface area contributed by atoms with E-state index < -0.39 is 6.10 Å². The lowest BCUT2D eigenvalue weighted by Gasteiger charge is -2.18. The number of unbranched alkanes of at least 4 members (excludes halogenated alkanes) is 49. The van der Waals surface area contributed by atoms with Crippen LogP contribution >= 0.6 is 0 Å². The lowest BCUT2D eigenvalue weighted by Crippen LogP contribution is -2.30. The Morgan fingerprint density at radius 1 is 0.250 bits per heavy atom. The molecule has 0 aromatic rings. The molecule has 6 nitrogen and oxygen atoms in total. The minimum atomic E-state index is -0.770. The van der Waals surface area contributed by atoms with Gasteiger partial charge in [0.25, 0.3) is 0 Å². The highest BCUT2D eigenvalue weighted by Crippen LogP contribution is 2.18. The van der Waals surface area contributed by atoms with Gasteiger partial charge in [-0.25, -0.2) is 0 Å². The van der Waals surface area contributed by atoms with Crippen LogP contribution in [0.3, 0.4) is 0 Å². The Balaban J connectivity index is 4.14. The van der Waals surface area contributed by atoms with Crippen molar-refractivity contribution in [3.05, 3.63) is 24.3 Å². The minimum Gasteiger partial charge on any atom is -0.462 e. The van der Waals surface area contributed by atoms with Gasteiger partial charge in [-0.05, 0) is 70.6 Å². The van der Waals surface area contributed by atoms with Crippen LogP contribution in [0.2, 0.25) is 0 Å². The molecule has 0 bridgehead atoms. The SMILES string of the molecule is CCCCC/C=C\CCCCCCCC(=O)OCC(COC(=O)CCCCCCCCCCCCCCCCCCC/C=C\CCCCCCCCCC)OC(=O)CCCCCCCCCCCCCCCCCCC. The molecule has 0 aromatic heterocycles. The van der Waals surface area contributed by atoms with E-state index in [1.165, 1.54) is 283 Å². The van der Waals surface area contributed by atoms with Gasteiger partial charge >= 0.3 is 17.9 Å². The molecule has 0 aliphatic rings. The molecular formula is C70H132O6. The predicted octanol–water partition coefficient (Wildman–Crippen LogP) is 23.4. The molecule has 76 heavy (non-hydrogen) atoms. The molecule has 1 unspecified atom stereocenters. The Morgan fingerprint density at radius 3 is 0.684 bits per heavy atom. The highest BCUT2D eigenvalue weighted by Gasteiger charge is 2.19. The van der Waals surface area contributed by atoms with E-state index in [0.29, 0.717) is 19.3 Å². The number of ether oxygens (including phenoxy) is 3. The Hall–Kier alpha value is -2.11. The summed E-state index contributed by atoms with van der Waals surface area (Å²) in [5, 5.41) is 0. The minimum absolute atomic E-state index is 0.0678. The summed E-state index contributed by atoms with van der Waals surface area (Å²) < 4.78 is 16.9. The van der Waals surface area contributed by atoms with E-state index in [0.717, 1.165) is 64.2 Å². The number of esters is 3. The van der Waals surface area contributed by atoms with Gasteiger partial charge in [0.05, 0.1) is 0 Å². The normalized spacial score (nSPS) is 12.1. The highest BCUT2D eigenvalue weighted by atomic mass is 16.6. The molecule has 0 rings (SSSR count). The van der Waals surface area contributed by atoms with Gasteiger partial charge in [-0.1, -0.05) is 321 Å². The van der Waals surface area contributed by atoms with Crippen LogP contribution in [0.4, 0.5) is 0 Å². The number of allylic oxidation sites excluding steroid dienone is 4. The van der Waals surface area contributed by atoms with Crippen molar-refractivity contribution in [2.24, 2.45) is 0 Å². The largest absolute Gasteiger partial charge is 0.462 e. The maximum absolute atomic E-state index is 12.9. The quantitative estimate of drug-likeness (QED) is 0.0261. The maximum atomic E-state index is 12.9. The van der Waals surface area contributed by atoms with Crippen LogP contribution in [0.1, 0.15) is 387 Å². The summed E-state index contributed by atoms with van der Waals surface area (Å²) in [4.78, 5) is 38.3. The summed E-state index contributed by atoms with van der Waals surface area (Å²) in [7, 11) is 0. The monoisotopic (exact) mass is 1070 g/mol. The number of carbonyl (C=O) groups is 3. The Kier molecular flexibility index (Phi) is 63.6. The van der Waals surface area contributed by atoms with Gasteiger partial charge in [0.15, 0.2) is 6.10 Å². The van der Waals surface area contributed by atoms with Gasteiger partial charge in [0.1, 0.15) is 13.2 Å². The number of hydrogen-bond acceptors (Lipinski definition) is 6. The van der Waals surface area contributed by atoms with Crippen LogP contribution in [-0.4, -0.2) is 37.2 Å². The summed E-state index contributed by atoms with van der Waals surface area (Å²) in [6.45, 7) is 6.68. The predicted molar refractivity (Wildman–Crippen MR) is 330 cm³/mol. The van der Waals surface area contributed by atoms with Crippen molar-refractivity contribution < 1.29 is 28.6 Å². The van der Waals surface area contributed by atoms with Crippen LogP contribution in [0.25, 0.3) is 0 Å². The van der Waals surface area contributed by atoms with Crippen LogP contribution in [0.5, 0.6) is 0 Å². The maximum Gasteiger partial charge on any atom is 0.306 e. The number of carbonyl (C=O) groups excluding carboxylic acids is 3. The van der Waals surface area contributed by atoms with Gasteiger partial charge in [0, 0.05) is 19.3 Å². The fourth-order valence-corrected chi connectivity index (χ4v) is 10.5. The van der Waals surface area contributed by atoms with E-state index in [2.05, 4.69) is 45.1 Å². The average Bonchev–Trinajstić information content (AvgIpc) is 3.42. The van der Waals surface area contributed by atoms with E-state index >= 15 is 0 Å². The van der Waals surface area contributed by atoms with Gasteiger partial charge < -0.3 is 14.2 Å². The molecule has 0 aliphatic carbocycles. The van der Waals surface area contributed by atoms with E-state index in [4.69, 9.17) is 14.2 Å². The molecule has 0 aromatic carbocycles. The van der Waals surface area contributed by atoms with Gasteiger partial charge in [-0.15, -0.1) is 0 Å². The third-order valence-electron chi connectivity index (χ3n) is 15.7. The van der Waals surface area contributed by atoms with Crippen molar-refractivity contribution >= 4 is 17.9 Å². The first-order valence-electron chi connectivity index (χ1n) is 34.3. The molecule has 0 saturated carbocycles. The zero-order valence-electron chi connectivity index (χ0n) is 51.6. The first-order chi connectivity index (χ1) is 37.5. The van der Waals surface area contributed by atoms with Gasteiger partial charge in [-0.2, -0.15) is 0 Å². The van der Waals surface area contributed by atoms with Crippen LogP contribution in [0.15, 0.2) is 24.3 Å². The molecular weight excluding hydrogens is 937 g/mol. The second kappa shape index (κ2) is 65.4. The van der Waals surface area contributed by atoms with E-state index in [9.17, 15) is 14.4 Å². The van der Waals surface area contributed by atoms with E-state index in [1.54, 1.807) is 0 Å². The molecule has 6 heteroatoms. The Labute approximate surface area is 474 Å². The molecule has 0 heterocycles. The molecule has 0 saturated heterocycles. The van der Waals surface area contributed by atoms with Crippen LogP contribution in [0, 0.1) is 0 Å². The van der Waals surface area contributed by atoms with Crippen LogP contribution in [-0.2, 0) is 28.6 Å². The molecule has 0 radical (unpaired) electrons. The fourth-order valence-electron chi connectivity index (χ4n) is 10.5. The van der Waals surface area contributed by atoms with Crippen molar-refractivity contribution in [1.82, 2.24) is 0 Å². The summed E-state index contributed by atoms with van der Waals surface area (Å²) in [6, 6.07) is 0. The summed E-state index contributed by atoms with van der Waals surface area (Å²) in [5.41, 5.74) is 0. The Morgan fingerprint density at radius 2 is 0.434 bits per heavy atom.